The molecule has 1 spiro atoms. The van der Waals surface area contributed by atoms with Crippen LogP contribution in [0.4, 0.5) is 4.39 Å². The number of nitrogens with zero attached hydrogens (tertiary/aromatic N) is 1. The molecule has 0 aromatic heterocycles. The Kier molecular flexibility index (Phi) is 4.24. The number of hydrogen-bond acceptors (Lipinski definition) is 4. The number of rotatable bonds is 3. The third-order valence-corrected chi connectivity index (χ3v) is 6.29. The van der Waals surface area contributed by atoms with Crippen LogP contribution in [0.25, 0.3) is 0 Å². The molecule has 5 nitrogen and oxygen atoms in total. The van der Waals surface area contributed by atoms with Gasteiger partial charge in [-0.2, -0.15) is 4.31 Å². The first-order valence-electron chi connectivity index (χ1n) is 7.46. The second-order valence-electron chi connectivity index (χ2n) is 6.04. The average Bonchev–Trinajstić information content (AvgIpc) is 2.94. The van der Waals surface area contributed by atoms with Gasteiger partial charge in [0.25, 0.3) is 0 Å². The Morgan fingerprint density at radius 1 is 1.36 bits per heavy atom. The van der Waals surface area contributed by atoms with Gasteiger partial charge in [0.1, 0.15) is 11.4 Å². The SMILES string of the molecule is O=S(=O)(Cc1ccc(F)cc1)N1CC[C@H](O)[C@]2(CCCO2)C1. The Hall–Kier alpha value is -1.02. The second kappa shape index (κ2) is 5.88. The van der Waals surface area contributed by atoms with Gasteiger partial charge < -0.3 is 9.84 Å². The van der Waals surface area contributed by atoms with E-state index in [4.69, 9.17) is 4.74 Å². The highest BCUT2D eigenvalue weighted by Gasteiger charge is 2.48. The van der Waals surface area contributed by atoms with E-state index in [0.717, 1.165) is 6.42 Å². The average molecular weight is 329 g/mol. The van der Waals surface area contributed by atoms with Crippen LogP contribution in [-0.4, -0.2) is 49.2 Å². The normalized spacial score (nSPS) is 30.0. The monoisotopic (exact) mass is 329 g/mol. The van der Waals surface area contributed by atoms with Crippen molar-refractivity contribution in [2.24, 2.45) is 0 Å². The van der Waals surface area contributed by atoms with Gasteiger partial charge in [0.2, 0.25) is 10.0 Å². The van der Waals surface area contributed by atoms with Gasteiger partial charge in [-0.05, 0) is 37.0 Å². The van der Waals surface area contributed by atoms with Crippen molar-refractivity contribution < 1.29 is 22.7 Å². The summed E-state index contributed by atoms with van der Waals surface area (Å²) in [7, 11) is -3.52. The van der Waals surface area contributed by atoms with Crippen LogP contribution in [0.5, 0.6) is 0 Å². The number of piperidine rings is 1. The molecule has 2 fully saturated rings. The van der Waals surface area contributed by atoms with Crippen molar-refractivity contribution in [2.45, 2.75) is 36.7 Å². The van der Waals surface area contributed by atoms with E-state index in [1.807, 2.05) is 0 Å². The number of ether oxygens (including phenoxy) is 1. The molecule has 2 heterocycles. The molecular formula is C15H20FNO4S. The molecule has 1 aromatic carbocycles. The van der Waals surface area contributed by atoms with Crippen LogP contribution in [0.2, 0.25) is 0 Å². The van der Waals surface area contributed by atoms with Gasteiger partial charge >= 0.3 is 0 Å². The number of aliphatic hydroxyl groups excluding tert-OH is 1. The van der Waals surface area contributed by atoms with Crippen molar-refractivity contribution in [3.63, 3.8) is 0 Å². The molecule has 3 rings (SSSR count). The van der Waals surface area contributed by atoms with Gasteiger partial charge in [-0.1, -0.05) is 12.1 Å². The minimum atomic E-state index is -3.52. The minimum Gasteiger partial charge on any atom is -0.390 e. The molecule has 0 amide bonds. The number of benzene rings is 1. The predicted molar refractivity (Wildman–Crippen MR) is 79.1 cm³/mol. The summed E-state index contributed by atoms with van der Waals surface area (Å²) in [5.74, 6) is -0.556. The molecule has 2 atom stereocenters. The Morgan fingerprint density at radius 3 is 2.73 bits per heavy atom. The fourth-order valence-electron chi connectivity index (χ4n) is 3.24. The van der Waals surface area contributed by atoms with E-state index < -0.39 is 21.7 Å². The summed E-state index contributed by atoms with van der Waals surface area (Å²) in [6.07, 6.45) is 1.27. The molecule has 22 heavy (non-hydrogen) atoms. The zero-order chi connectivity index (χ0) is 15.8. The molecule has 2 saturated heterocycles. The molecule has 2 aliphatic rings. The number of sulfonamides is 1. The number of halogens is 1. The highest BCUT2D eigenvalue weighted by atomic mass is 32.2. The van der Waals surface area contributed by atoms with Crippen LogP contribution in [0.3, 0.4) is 0 Å². The summed E-state index contributed by atoms with van der Waals surface area (Å²) in [5.41, 5.74) is -0.206. The molecule has 0 unspecified atom stereocenters. The molecule has 0 aliphatic carbocycles. The van der Waals surface area contributed by atoms with Gasteiger partial charge in [-0.3, -0.25) is 0 Å². The van der Waals surface area contributed by atoms with E-state index in [1.54, 1.807) is 0 Å². The Balaban J connectivity index is 1.76. The number of aliphatic hydroxyl groups is 1. The topological polar surface area (TPSA) is 66.8 Å². The fraction of sp³-hybridized carbons (Fsp3) is 0.600. The first-order chi connectivity index (χ1) is 10.4. The second-order valence-corrected chi connectivity index (χ2v) is 8.01. The Morgan fingerprint density at radius 2 is 2.09 bits per heavy atom. The van der Waals surface area contributed by atoms with Gasteiger partial charge in [0.05, 0.1) is 11.9 Å². The van der Waals surface area contributed by atoms with Crippen LogP contribution in [-0.2, 0) is 20.5 Å². The predicted octanol–water partition coefficient (Wildman–Crippen LogP) is 1.27. The summed E-state index contributed by atoms with van der Waals surface area (Å²) >= 11 is 0. The molecule has 0 bridgehead atoms. The maximum absolute atomic E-state index is 12.9. The molecule has 0 saturated carbocycles. The van der Waals surface area contributed by atoms with E-state index in [-0.39, 0.29) is 24.7 Å². The summed E-state index contributed by atoms with van der Waals surface area (Å²) < 4.78 is 45.2. The largest absolute Gasteiger partial charge is 0.390 e. The highest BCUT2D eigenvalue weighted by Crippen LogP contribution is 2.36. The summed E-state index contributed by atoms with van der Waals surface area (Å²) in [6.45, 7) is 1.04. The highest BCUT2D eigenvalue weighted by molar-refractivity contribution is 7.88. The van der Waals surface area contributed by atoms with Crippen molar-refractivity contribution in [1.82, 2.24) is 4.31 Å². The lowest BCUT2D eigenvalue weighted by Crippen LogP contribution is -2.57. The first-order valence-corrected chi connectivity index (χ1v) is 9.07. The molecule has 1 N–H and O–H groups in total. The first kappa shape index (κ1) is 15.9. The van der Waals surface area contributed by atoms with Gasteiger partial charge in [0, 0.05) is 19.7 Å². The molecule has 2 aliphatic heterocycles. The van der Waals surface area contributed by atoms with Crippen molar-refractivity contribution in [3.05, 3.63) is 35.6 Å². The van der Waals surface area contributed by atoms with Crippen molar-refractivity contribution in [2.75, 3.05) is 19.7 Å². The molecule has 0 radical (unpaired) electrons. The zero-order valence-corrected chi connectivity index (χ0v) is 13.1. The fourth-order valence-corrected chi connectivity index (χ4v) is 4.83. The standard InChI is InChI=1S/C15H20FNO4S/c16-13-4-2-12(3-5-13)10-22(19,20)17-8-6-14(18)15(11-17)7-1-9-21-15/h2-5,14,18H,1,6-11H2/t14-,15-/m0/s1. The van der Waals surface area contributed by atoms with E-state index in [2.05, 4.69) is 0 Å². The van der Waals surface area contributed by atoms with Crippen LogP contribution in [0.15, 0.2) is 24.3 Å². The molecule has 122 valence electrons. The third-order valence-electron chi connectivity index (χ3n) is 4.49. The van der Waals surface area contributed by atoms with Gasteiger partial charge in [0.15, 0.2) is 0 Å². The van der Waals surface area contributed by atoms with E-state index in [1.165, 1.54) is 28.6 Å². The van der Waals surface area contributed by atoms with Gasteiger partial charge in [-0.15, -0.1) is 0 Å². The lowest BCUT2D eigenvalue weighted by molar-refractivity contribution is -0.118. The molecule has 7 heteroatoms. The minimum absolute atomic E-state index is 0.167. The quantitative estimate of drug-likeness (QED) is 0.907. The Bertz CT molecular complexity index is 625. The van der Waals surface area contributed by atoms with Crippen molar-refractivity contribution >= 4 is 10.0 Å². The zero-order valence-electron chi connectivity index (χ0n) is 12.2. The summed E-state index contributed by atoms with van der Waals surface area (Å²) in [5, 5.41) is 10.2. The van der Waals surface area contributed by atoms with E-state index in [0.29, 0.717) is 25.0 Å². The van der Waals surface area contributed by atoms with Crippen molar-refractivity contribution in [1.29, 1.82) is 0 Å². The third kappa shape index (κ3) is 3.03. The number of hydrogen-bond donors (Lipinski definition) is 1. The summed E-state index contributed by atoms with van der Waals surface area (Å²) in [6, 6.07) is 5.47. The van der Waals surface area contributed by atoms with E-state index >= 15 is 0 Å². The lowest BCUT2D eigenvalue weighted by atomic mass is 9.88. The summed E-state index contributed by atoms with van der Waals surface area (Å²) in [4.78, 5) is 0. The van der Waals surface area contributed by atoms with Crippen molar-refractivity contribution in [3.8, 4) is 0 Å². The maximum atomic E-state index is 12.9. The van der Waals surface area contributed by atoms with Crippen LogP contribution in [0.1, 0.15) is 24.8 Å². The van der Waals surface area contributed by atoms with Crippen LogP contribution in [0, 0.1) is 5.82 Å². The molecular weight excluding hydrogens is 309 g/mol. The maximum Gasteiger partial charge on any atom is 0.218 e. The smallest absolute Gasteiger partial charge is 0.218 e. The Labute approximate surface area is 129 Å². The lowest BCUT2D eigenvalue weighted by Gasteiger charge is -2.42. The van der Waals surface area contributed by atoms with Crippen LogP contribution < -0.4 is 0 Å². The van der Waals surface area contributed by atoms with E-state index in [9.17, 15) is 17.9 Å². The molecule has 1 aromatic rings. The van der Waals surface area contributed by atoms with Crippen LogP contribution >= 0.6 is 0 Å². The van der Waals surface area contributed by atoms with Gasteiger partial charge in [-0.25, -0.2) is 12.8 Å².